The van der Waals surface area contributed by atoms with Gasteiger partial charge in [0.05, 0.1) is 0 Å². The number of H-pyrrole nitrogens is 1. The molecule has 0 atom stereocenters. The molecular formula is C19H29N5OS. The van der Waals surface area contributed by atoms with Crippen molar-refractivity contribution in [3.05, 3.63) is 46.0 Å². The third-order valence-electron chi connectivity index (χ3n) is 4.51. The number of aryl methyl sites for hydroxylation is 1. The molecule has 0 saturated heterocycles. The number of rotatable bonds is 9. The fourth-order valence-electron chi connectivity index (χ4n) is 2.66. The van der Waals surface area contributed by atoms with E-state index in [1.54, 1.807) is 4.57 Å². The van der Waals surface area contributed by atoms with Gasteiger partial charge in [0.15, 0.2) is 4.77 Å². The Morgan fingerprint density at radius 1 is 1.35 bits per heavy atom. The molecule has 2 aromatic rings. The van der Waals surface area contributed by atoms with E-state index in [-0.39, 0.29) is 12.5 Å². The highest BCUT2D eigenvalue weighted by atomic mass is 32.1. The van der Waals surface area contributed by atoms with E-state index in [1.807, 2.05) is 12.1 Å². The Kier molecular flexibility index (Phi) is 7.53. The molecule has 0 spiro atoms. The fraction of sp³-hybridized carbons (Fsp3) is 0.526. The van der Waals surface area contributed by atoms with E-state index < -0.39 is 0 Å². The molecule has 2 N–H and O–H groups in total. The molecule has 0 bridgehead atoms. The third kappa shape index (κ3) is 5.51. The van der Waals surface area contributed by atoms with Gasteiger partial charge < -0.3 is 5.32 Å². The molecule has 0 aliphatic rings. The van der Waals surface area contributed by atoms with Crippen molar-refractivity contribution in [1.82, 2.24) is 25.0 Å². The van der Waals surface area contributed by atoms with E-state index in [2.05, 4.69) is 60.4 Å². The zero-order valence-corrected chi connectivity index (χ0v) is 16.9. The molecule has 6 nitrogen and oxygen atoms in total. The average molecular weight is 376 g/mol. The number of carbonyl (C=O) groups is 1. The Labute approximate surface area is 160 Å². The van der Waals surface area contributed by atoms with Gasteiger partial charge >= 0.3 is 0 Å². The summed E-state index contributed by atoms with van der Waals surface area (Å²) < 4.78 is 2.26. The maximum absolute atomic E-state index is 12.4. The molecular weight excluding hydrogens is 346 g/mol. The Morgan fingerprint density at radius 3 is 2.69 bits per heavy atom. The Hall–Kier alpha value is -1.99. The van der Waals surface area contributed by atoms with E-state index in [4.69, 9.17) is 12.2 Å². The topological polar surface area (TPSA) is 66.0 Å². The van der Waals surface area contributed by atoms with Gasteiger partial charge in [-0.3, -0.25) is 19.4 Å². The number of hydrogen-bond donors (Lipinski definition) is 2. The van der Waals surface area contributed by atoms with Crippen molar-refractivity contribution in [2.45, 2.75) is 59.3 Å². The van der Waals surface area contributed by atoms with Crippen LogP contribution in [-0.2, 0) is 30.8 Å². The zero-order chi connectivity index (χ0) is 19.1. The molecule has 142 valence electrons. The second-order valence-electron chi connectivity index (χ2n) is 6.84. The van der Waals surface area contributed by atoms with Crippen LogP contribution in [0, 0.1) is 4.77 Å². The van der Waals surface area contributed by atoms with E-state index in [0.29, 0.717) is 17.4 Å². The van der Waals surface area contributed by atoms with Gasteiger partial charge in [0.2, 0.25) is 5.91 Å². The SMILES string of the molecule is CCCc1n[nH]c(=S)n1CC(=O)NCc1ccccc1CN(C)C(C)C. The van der Waals surface area contributed by atoms with E-state index in [0.717, 1.165) is 30.8 Å². The van der Waals surface area contributed by atoms with Gasteiger partial charge in [0.25, 0.3) is 0 Å². The van der Waals surface area contributed by atoms with E-state index >= 15 is 0 Å². The second kappa shape index (κ2) is 9.64. The largest absolute Gasteiger partial charge is 0.350 e. The van der Waals surface area contributed by atoms with Crippen LogP contribution in [0.3, 0.4) is 0 Å². The zero-order valence-electron chi connectivity index (χ0n) is 16.1. The lowest BCUT2D eigenvalue weighted by atomic mass is 10.1. The smallest absolute Gasteiger partial charge is 0.240 e. The lowest BCUT2D eigenvalue weighted by molar-refractivity contribution is -0.121. The predicted octanol–water partition coefficient (Wildman–Crippen LogP) is 3.05. The maximum Gasteiger partial charge on any atom is 0.240 e. The summed E-state index contributed by atoms with van der Waals surface area (Å²) in [6.07, 6.45) is 1.75. The first-order valence-electron chi connectivity index (χ1n) is 9.10. The molecule has 26 heavy (non-hydrogen) atoms. The molecule has 0 aliphatic heterocycles. The van der Waals surface area contributed by atoms with Crippen LogP contribution in [-0.4, -0.2) is 38.7 Å². The minimum absolute atomic E-state index is 0.0631. The van der Waals surface area contributed by atoms with Gasteiger partial charge in [-0.25, -0.2) is 0 Å². The van der Waals surface area contributed by atoms with Crippen LogP contribution >= 0.6 is 12.2 Å². The number of nitrogens with zero attached hydrogens (tertiary/aromatic N) is 3. The fourth-order valence-corrected chi connectivity index (χ4v) is 2.87. The Bertz CT molecular complexity index is 780. The quantitative estimate of drug-likeness (QED) is 0.661. The molecule has 1 aromatic carbocycles. The van der Waals surface area contributed by atoms with Crippen molar-refractivity contribution >= 4 is 18.1 Å². The molecule has 0 radical (unpaired) electrons. The Balaban J connectivity index is 2.00. The van der Waals surface area contributed by atoms with Crippen molar-refractivity contribution in [3.8, 4) is 0 Å². The monoisotopic (exact) mass is 375 g/mol. The van der Waals surface area contributed by atoms with Gasteiger partial charge in [-0.05, 0) is 50.7 Å². The standard InChI is InChI=1S/C19H29N5OS/c1-5-8-17-21-22-19(26)24(17)13-18(25)20-11-15-9-6-7-10-16(15)12-23(4)14(2)3/h6-7,9-10,14H,5,8,11-13H2,1-4H3,(H,20,25)(H,22,26). The minimum atomic E-state index is -0.0631. The molecule has 1 amide bonds. The lowest BCUT2D eigenvalue weighted by Gasteiger charge is -2.22. The second-order valence-corrected chi connectivity index (χ2v) is 7.22. The first-order chi connectivity index (χ1) is 12.4. The summed E-state index contributed by atoms with van der Waals surface area (Å²) in [5.74, 6) is 0.762. The summed E-state index contributed by atoms with van der Waals surface area (Å²) in [7, 11) is 2.11. The molecule has 1 heterocycles. The molecule has 2 rings (SSSR count). The molecule has 0 unspecified atom stereocenters. The van der Waals surface area contributed by atoms with Crippen LogP contribution in [0.5, 0.6) is 0 Å². The van der Waals surface area contributed by atoms with Crippen molar-refractivity contribution in [3.63, 3.8) is 0 Å². The van der Waals surface area contributed by atoms with E-state index in [1.165, 1.54) is 5.56 Å². The lowest BCUT2D eigenvalue weighted by Crippen LogP contribution is -2.29. The van der Waals surface area contributed by atoms with Gasteiger partial charge in [0.1, 0.15) is 12.4 Å². The van der Waals surface area contributed by atoms with Crippen molar-refractivity contribution in [2.75, 3.05) is 7.05 Å². The summed E-state index contributed by atoms with van der Waals surface area (Å²) in [6, 6.07) is 8.70. The summed E-state index contributed by atoms with van der Waals surface area (Å²) in [5.41, 5.74) is 2.37. The van der Waals surface area contributed by atoms with Crippen LogP contribution in [0.15, 0.2) is 24.3 Å². The summed E-state index contributed by atoms with van der Waals surface area (Å²) in [4.78, 5) is 14.7. The normalized spacial score (nSPS) is 11.3. The highest BCUT2D eigenvalue weighted by molar-refractivity contribution is 7.71. The number of benzene rings is 1. The molecule has 0 aliphatic carbocycles. The number of aromatic amines is 1. The van der Waals surface area contributed by atoms with Gasteiger partial charge in [-0.1, -0.05) is 31.2 Å². The maximum atomic E-state index is 12.4. The molecule has 0 fully saturated rings. The number of nitrogens with one attached hydrogen (secondary N) is 2. The average Bonchev–Trinajstić information content (AvgIpc) is 2.94. The van der Waals surface area contributed by atoms with Crippen LogP contribution < -0.4 is 5.32 Å². The number of hydrogen-bond acceptors (Lipinski definition) is 4. The first-order valence-corrected chi connectivity index (χ1v) is 9.51. The van der Waals surface area contributed by atoms with Gasteiger partial charge in [-0.2, -0.15) is 5.10 Å². The Morgan fingerprint density at radius 2 is 2.04 bits per heavy atom. The summed E-state index contributed by atoms with van der Waals surface area (Å²) in [5, 5.41) is 9.98. The highest BCUT2D eigenvalue weighted by Gasteiger charge is 2.12. The van der Waals surface area contributed by atoms with Crippen LogP contribution in [0.2, 0.25) is 0 Å². The number of amides is 1. The van der Waals surface area contributed by atoms with Gasteiger partial charge in [0, 0.05) is 25.6 Å². The van der Waals surface area contributed by atoms with Crippen molar-refractivity contribution < 1.29 is 4.79 Å². The van der Waals surface area contributed by atoms with Crippen molar-refractivity contribution in [2.24, 2.45) is 0 Å². The first kappa shape index (κ1) is 20.3. The summed E-state index contributed by atoms with van der Waals surface area (Å²) >= 11 is 5.24. The molecule has 0 saturated carbocycles. The van der Waals surface area contributed by atoms with Crippen LogP contribution in [0.4, 0.5) is 0 Å². The number of aromatic nitrogens is 3. The van der Waals surface area contributed by atoms with Crippen LogP contribution in [0.25, 0.3) is 0 Å². The third-order valence-corrected chi connectivity index (χ3v) is 4.82. The van der Waals surface area contributed by atoms with Crippen LogP contribution in [0.1, 0.15) is 44.1 Å². The molecule has 1 aromatic heterocycles. The predicted molar refractivity (Wildman–Crippen MR) is 106 cm³/mol. The minimum Gasteiger partial charge on any atom is -0.350 e. The van der Waals surface area contributed by atoms with E-state index in [9.17, 15) is 4.79 Å². The van der Waals surface area contributed by atoms with Crippen molar-refractivity contribution in [1.29, 1.82) is 0 Å². The number of carbonyl (C=O) groups excluding carboxylic acids is 1. The summed E-state index contributed by atoms with van der Waals surface area (Å²) in [6.45, 7) is 7.98. The van der Waals surface area contributed by atoms with Gasteiger partial charge in [-0.15, -0.1) is 0 Å². The highest BCUT2D eigenvalue weighted by Crippen LogP contribution is 2.12. The molecule has 7 heteroatoms.